The molecule has 1 aromatic heterocycles. The number of furan rings is 1. The first-order valence-corrected chi connectivity index (χ1v) is 17.8. The lowest BCUT2D eigenvalue weighted by Crippen LogP contribution is -2.10. The Morgan fingerprint density at radius 2 is 0.885 bits per heavy atom. The van der Waals surface area contributed by atoms with E-state index < -0.39 is 0 Å². The van der Waals surface area contributed by atoms with Gasteiger partial charge in [0, 0.05) is 27.8 Å². The maximum atomic E-state index is 6.26. The van der Waals surface area contributed by atoms with Crippen LogP contribution >= 0.6 is 0 Å². The summed E-state index contributed by atoms with van der Waals surface area (Å²) in [6, 6.07) is 71.8. The van der Waals surface area contributed by atoms with Gasteiger partial charge in [-0.2, -0.15) is 0 Å². The summed E-state index contributed by atoms with van der Waals surface area (Å²) in [5, 5.41) is 7.23. The summed E-state index contributed by atoms with van der Waals surface area (Å²) in [5.74, 6) is 0. The van der Waals surface area contributed by atoms with Gasteiger partial charge in [-0.05, 0) is 103 Å². The van der Waals surface area contributed by atoms with Crippen molar-refractivity contribution in [2.75, 3.05) is 4.90 Å². The lowest BCUT2D eigenvalue weighted by molar-refractivity contribution is 0.669. The molecule has 0 fully saturated rings. The van der Waals surface area contributed by atoms with Crippen molar-refractivity contribution < 1.29 is 4.42 Å². The van der Waals surface area contributed by atoms with Crippen LogP contribution in [0.15, 0.2) is 205 Å². The fraction of sp³-hybridized carbons (Fsp3) is 0. The maximum absolute atomic E-state index is 6.26. The highest BCUT2D eigenvalue weighted by atomic mass is 16.3. The summed E-state index contributed by atoms with van der Waals surface area (Å²) >= 11 is 0. The van der Waals surface area contributed by atoms with E-state index in [9.17, 15) is 0 Å². The van der Waals surface area contributed by atoms with E-state index >= 15 is 0 Å². The van der Waals surface area contributed by atoms with E-state index in [4.69, 9.17) is 4.42 Å². The average molecular weight is 664 g/mol. The molecule has 0 amide bonds. The lowest BCUT2D eigenvalue weighted by atomic mass is 9.96. The third kappa shape index (κ3) is 5.21. The van der Waals surface area contributed by atoms with Crippen molar-refractivity contribution in [1.29, 1.82) is 0 Å². The zero-order valence-corrected chi connectivity index (χ0v) is 28.4. The molecule has 0 atom stereocenters. The second kappa shape index (κ2) is 12.5. The van der Waals surface area contributed by atoms with Gasteiger partial charge in [0.25, 0.3) is 0 Å². The molecular weight excluding hydrogens is 631 g/mol. The number of fused-ring (bicyclic) bond motifs is 5. The van der Waals surface area contributed by atoms with Crippen LogP contribution in [0.5, 0.6) is 0 Å². The lowest BCUT2D eigenvalue weighted by Gasteiger charge is -2.26. The first-order valence-electron chi connectivity index (χ1n) is 17.8. The zero-order chi connectivity index (χ0) is 34.4. The van der Waals surface area contributed by atoms with Crippen molar-refractivity contribution in [3.63, 3.8) is 0 Å². The molecule has 0 aliphatic carbocycles. The van der Waals surface area contributed by atoms with Crippen molar-refractivity contribution in [2.45, 2.75) is 0 Å². The van der Waals surface area contributed by atoms with Crippen LogP contribution in [-0.4, -0.2) is 0 Å². The van der Waals surface area contributed by atoms with Crippen LogP contribution in [0.25, 0.3) is 76.9 Å². The first kappa shape index (κ1) is 30.0. The van der Waals surface area contributed by atoms with Crippen molar-refractivity contribution >= 4 is 60.5 Å². The first-order chi connectivity index (χ1) is 25.8. The quantitative estimate of drug-likeness (QED) is 0.176. The molecule has 0 radical (unpaired) electrons. The highest BCUT2D eigenvalue weighted by molar-refractivity contribution is 6.12. The number of benzene rings is 9. The van der Waals surface area contributed by atoms with Crippen LogP contribution in [0, 0.1) is 0 Å². The van der Waals surface area contributed by atoms with E-state index in [1.807, 2.05) is 12.1 Å². The molecule has 1 heterocycles. The number of hydrogen-bond acceptors (Lipinski definition) is 2. The molecule has 0 saturated carbocycles. The fourth-order valence-electron chi connectivity index (χ4n) is 7.71. The number of anilines is 3. The molecule has 0 spiro atoms. The third-order valence-corrected chi connectivity index (χ3v) is 10.3. The molecule has 0 bridgehead atoms. The third-order valence-electron chi connectivity index (χ3n) is 10.3. The minimum Gasteiger partial charge on any atom is -0.456 e. The largest absolute Gasteiger partial charge is 0.456 e. The predicted molar refractivity (Wildman–Crippen MR) is 220 cm³/mol. The second-order valence-electron chi connectivity index (χ2n) is 13.3. The Hall–Kier alpha value is -6.90. The average Bonchev–Trinajstić information content (AvgIpc) is 3.60. The summed E-state index contributed by atoms with van der Waals surface area (Å²) in [5.41, 5.74) is 12.2. The predicted octanol–water partition coefficient (Wildman–Crippen LogP) is 14.4. The Bertz CT molecular complexity index is 2890. The van der Waals surface area contributed by atoms with Crippen LogP contribution in [-0.2, 0) is 0 Å². The minimum absolute atomic E-state index is 0.899. The summed E-state index contributed by atoms with van der Waals surface area (Å²) in [6.07, 6.45) is 0. The Labute approximate surface area is 302 Å². The summed E-state index contributed by atoms with van der Waals surface area (Å²) in [4.78, 5) is 2.36. The standard InChI is InChI=1S/C50H33NO/c1-2-12-39-32-43(31-28-34(39)10-1)51(42-15-7-14-40(33-42)46-19-9-21-49-50(46)47-17-5-6-20-48(47)52-49)41-29-26-36(27-30-41)35-22-24-38(25-23-35)45-18-8-13-37-11-3-4-16-44(37)45/h1-33H. The van der Waals surface area contributed by atoms with E-state index in [0.717, 1.165) is 50.1 Å². The summed E-state index contributed by atoms with van der Waals surface area (Å²) in [6.45, 7) is 0. The molecule has 52 heavy (non-hydrogen) atoms. The Kier molecular flexibility index (Phi) is 7.18. The molecule has 244 valence electrons. The molecule has 0 aliphatic heterocycles. The molecule has 0 N–H and O–H groups in total. The minimum atomic E-state index is 0.899. The van der Waals surface area contributed by atoms with Crippen molar-refractivity contribution in [1.82, 2.24) is 0 Å². The smallest absolute Gasteiger partial charge is 0.136 e. The Morgan fingerprint density at radius 3 is 1.73 bits per heavy atom. The Balaban J connectivity index is 1.05. The van der Waals surface area contributed by atoms with Crippen LogP contribution in [0.1, 0.15) is 0 Å². The van der Waals surface area contributed by atoms with E-state index in [1.165, 1.54) is 43.8 Å². The van der Waals surface area contributed by atoms with Gasteiger partial charge in [0.2, 0.25) is 0 Å². The molecule has 0 saturated heterocycles. The van der Waals surface area contributed by atoms with Gasteiger partial charge in [0.05, 0.1) is 0 Å². The van der Waals surface area contributed by atoms with Gasteiger partial charge in [-0.1, -0.05) is 152 Å². The summed E-state index contributed by atoms with van der Waals surface area (Å²) < 4.78 is 6.26. The molecule has 9 aromatic carbocycles. The monoisotopic (exact) mass is 663 g/mol. The normalized spacial score (nSPS) is 11.5. The van der Waals surface area contributed by atoms with Crippen molar-refractivity contribution in [2.24, 2.45) is 0 Å². The van der Waals surface area contributed by atoms with Crippen molar-refractivity contribution in [3.8, 4) is 33.4 Å². The van der Waals surface area contributed by atoms with Gasteiger partial charge in [-0.15, -0.1) is 0 Å². The number of rotatable bonds is 6. The second-order valence-corrected chi connectivity index (χ2v) is 13.3. The van der Waals surface area contributed by atoms with Gasteiger partial charge >= 0.3 is 0 Å². The van der Waals surface area contributed by atoms with Crippen LogP contribution in [0.4, 0.5) is 17.1 Å². The number of para-hydroxylation sites is 1. The van der Waals surface area contributed by atoms with Gasteiger partial charge in [0.15, 0.2) is 0 Å². The van der Waals surface area contributed by atoms with Crippen LogP contribution in [0.3, 0.4) is 0 Å². The van der Waals surface area contributed by atoms with Gasteiger partial charge in [-0.3, -0.25) is 0 Å². The van der Waals surface area contributed by atoms with Gasteiger partial charge < -0.3 is 9.32 Å². The zero-order valence-electron chi connectivity index (χ0n) is 28.4. The maximum Gasteiger partial charge on any atom is 0.136 e. The Morgan fingerprint density at radius 1 is 0.308 bits per heavy atom. The van der Waals surface area contributed by atoms with Gasteiger partial charge in [-0.25, -0.2) is 0 Å². The van der Waals surface area contributed by atoms with E-state index in [-0.39, 0.29) is 0 Å². The molecule has 10 aromatic rings. The van der Waals surface area contributed by atoms with E-state index in [2.05, 4.69) is 193 Å². The van der Waals surface area contributed by atoms with E-state index in [1.54, 1.807) is 0 Å². The van der Waals surface area contributed by atoms with Crippen LogP contribution < -0.4 is 4.90 Å². The summed E-state index contributed by atoms with van der Waals surface area (Å²) in [7, 11) is 0. The topological polar surface area (TPSA) is 16.4 Å². The molecule has 10 rings (SSSR count). The van der Waals surface area contributed by atoms with E-state index in [0.29, 0.717) is 0 Å². The number of nitrogens with zero attached hydrogens (tertiary/aromatic N) is 1. The fourth-order valence-corrected chi connectivity index (χ4v) is 7.71. The molecular formula is C50H33NO. The van der Waals surface area contributed by atoms with Gasteiger partial charge in [0.1, 0.15) is 11.2 Å². The van der Waals surface area contributed by atoms with Crippen molar-refractivity contribution in [3.05, 3.63) is 200 Å². The molecule has 2 nitrogen and oxygen atoms in total. The molecule has 0 aliphatic rings. The number of hydrogen-bond donors (Lipinski definition) is 0. The van der Waals surface area contributed by atoms with Crippen LogP contribution in [0.2, 0.25) is 0 Å². The highest BCUT2D eigenvalue weighted by Gasteiger charge is 2.17. The highest BCUT2D eigenvalue weighted by Crippen LogP contribution is 2.41. The molecule has 0 unspecified atom stereocenters. The SMILES string of the molecule is c1cc(-c2cccc3oc4ccccc4c23)cc(N(c2ccc(-c3ccc(-c4cccc5ccccc45)cc3)cc2)c2ccc3ccccc3c2)c1. The molecule has 2 heteroatoms.